The molecule has 2 aromatic carbocycles. The number of rotatable bonds is 9. The highest BCUT2D eigenvalue weighted by atomic mass is 35.5. The zero-order chi connectivity index (χ0) is 26.5. The molecule has 0 unspecified atom stereocenters. The Kier molecular flexibility index (Phi) is 9.66. The van der Waals surface area contributed by atoms with Crippen LogP contribution in [0.4, 0.5) is 5.69 Å². The van der Waals surface area contributed by atoms with Crippen molar-refractivity contribution >= 4 is 50.7 Å². The predicted molar refractivity (Wildman–Crippen MR) is 145 cm³/mol. The number of amides is 2. The van der Waals surface area contributed by atoms with E-state index in [1.807, 2.05) is 0 Å². The van der Waals surface area contributed by atoms with Gasteiger partial charge in [0.25, 0.3) is 0 Å². The van der Waals surface area contributed by atoms with Crippen LogP contribution in [0.25, 0.3) is 0 Å². The lowest BCUT2D eigenvalue weighted by Gasteiger charge is -2.33. The lowest BCUT2D eigenvalue weighted by Crippen LogP contribution is -2.53. The molecule has 0 bridgehead atoms. The number of hydrogen-bond acceptors (Lipinski definition) is 4. The molecule has 1 saturated carbocycles. The van der Waals surface area contributed by atoms with Crippen LogP contribution in [-0.2, 0) is 26.2 Å². The van der Waals surface area contributed by atoms with Crippen molar-refractivity contribution in [1.82, 2.24) is 10.2 Å². The van der Waals surface area contributed by atoms with Crippen molar-refractivity contribution in [1.29, 1.82) is 0 Å². The molecule has 0 spiro atoms. The van der Waals surface area contributed by atoms with Gasteiger partial charge in [0.05, 0.1) is 11.9 Å². The van der Waals surface area contributed by atoms with Gasteiger partial charge >= 0.3 is 0 Å². The molecule has 1 fully saturated rings. The maximum atomic E-state index is 13.7. The first kappa shape index (κ1) is 28.3. The van der Waals surface area contributed by atoms with Crippen LogP contribution in [0.3, 0.4) is 0 Å². The van der Waals surface area contributed by atoms with Gasteiger partial charge < -0.3 is 10.2 Å². The first-order valence-electron chi connectivity index (χ1n) is 12.0. The molecule has 0 radical (unpaired) electrons. The van der Waals surface area contributed by atoms with Crippen molar-refractivity contribution in [2.75, 3.05) is 17.1 Å². The van der Waals surface area contributed by atoms with E-state index in [1.165, 1.54) is 4.90 Å². The van der Waals surface area contributed by atoms with Gasteiger partial charge in [-0.05, 0) is 62.1 Å². The minimum atomic E-state index is -3.82. The van der Waals surface area contributed by atoms with Gasteiger partial charge in [-0.25, -0.2) is 8.42 Å². The summed E-state index contributed by atoms with van der Waals surface area (Å²) in [5.74, 6) is -0.755. The molecule has 1 atom stereocenters. The highest BCUT2D eigenvalue weighted by Gasteiger charge is 2.31. The molecule has 10 heteroatoms. The van der Waals surface area contributed by atoms with E-state index in [9.17, 15) is 18.0 Å². The normalized spacial score (nSPS) is 15.2. The van der Waals surface area contributed by atoms with Gasteiger partial charge in [0.15, 0.2) is 0 Å². The van der Waals surface area contributed by atoms with Gasteiger partial charge in [0, 0.05) is 22.6 Å². The van der Waals surface area contributed by atoms with Crippen molar-refractivity contribution < 1.29 is 18.0 Å². The lowest BCUT2D eigenvalue weighted by atomic mass is 9.95. The standard InChI is InChI=1S/C26H33Cl2N3O4S/c1-18-23(28)10-7-11-24(18)31(36(3,34)35)17-25(32)30(16-20-12-14-21(27)15-13-20)19(2)26(33)29-22-8-5-4-6-9-22/h7,10-15,19,22H,4-6,8-9,16-17H2,1-3H3,(H,29,33)/t19-/m1/s1. The Morgan fingerprint density at radius 2 is 1.69 bits per heavy atom. The monoisotopic (exact) mass is 553 g/mol. The summed E-state index contributed by atoms with van der Waals surface area (Å²) in [5.41, 5.74) is 1.64. The number of hydrogen-bond donors (Lipinski definition) is 1. The fourth-order valence-corrected chi connectivity index (χ4v) is 5.59. The smallest absolute Gasteiger partial charge is 0.244 e. The van der Waals surface area contributed by atoms with Crippen LogP contribution in [0.15, 0.2) is 42.5 Å². The van der Waals surface area contributed by atoms with E-state index in [0.29, 0.717) is 21.3 Å². The predicted octanol–water partition coefficient (Wildman–Crippen LogP) is 4.93. The van der Waals surface area contributed by atoms with Gasteiger partial charge in [0.1, 0.15) is 12.6 Å². The third kappa shape index (κ3) is 7.37. The Labute approximate surface area is 223 Å². The molecule has 196 valence electrons. The Morgan fingerprint density at radius 3 is 2.31 bits per heavy atom. The molecule has 0 saturated heterocycles. The number of anilines is 1. The summed E-state index contributed by atoms with van der Waals surface area (Å²) in [5, 5.41) is 4.03. The summed E-state index contributed by atoms with van der Waals surface area (Å²) >= 11 is 12.2. The molecule has 1 aliphatic carbocycles. The number of benzene rings is 2. The van der Waals surface area contributed by atoms with E-state index in [2.05, 4.69) is 5.32 Å². The van der Waals surface area contributed by atoms with Gasteiger partial charge in [0.2, 0.25) is 21.8 Å². The van der Waals surface area contributed by atoms with E-state index in [4.69, 9.17) is 23.2 Å². The summed E-state index contributed by atoms with van der Waals surface area (Å²) in [6.07, 6.45) is 6.17. The second-order valence-corrected chi connectivity index (χ2v) is 12.1. The summed E-state index contributed by atoms with van der Waals surface area (Å²) in [4.78, 5) is 28.3. The Balaban J connectivity index is 1.89. The maximum absolute atomic E-state index is 13.7. The van der Waals surface area contributed by atoms with Crippen LogP contribution in [0.2, 0.25) is 10.0 Å². The van der Waals surface area contributed by atoms with Gasteiger partial charge in [-0.15, -0.1) is 0 Å². The van der Waals surface area contributed by atoms with Crippen molar-refractivity contribution in [3.63, 3.8) is 0 Å². The minimum Gasteiger partial charge on any atom is -0.352 e. The molecule has 2 aromatic rings. The second kappa shape index (κ2) is 12.3. The van der Waals surface area contributed by atoms with Crippen LogP contribution < -0.4 is 9.62 Å². The number of sulfonamides is 1. The molecular formula is C26H33Cl2N3O4S. The van der Waals surface area contributed by atoms with Crippen molar-refractivity contribution in [3.05, 3.63) is 63.6 Å². The zero-order valence-corrected chi connectivity index (χ0v) is 23.2. The average Bonchev–Trinajstić information content (AvgIpc) is 2.83. The first-order chi connectivity index (χ1) is 17.0. The molecule has 2 amide bonds. The van der Waals surface area contributed by atoms with Crippen molar-refractivity contribution in [3.8, 4) is 0 Å². The van der Waals surface area contributed by atoms with Crippen LogP contribution in [0.1, 0.15) is 50.2 Å². The largest absolute Gasteiger partial charge is 0.352 e. The molecular weight excluding hydrogens is 521 g/mol. The first-order valence-corrected chi connectivity index (χ1v) is 14.6. The highest BCUT2D eigenvalue weighted by Crippen LogP contribution is 2.28. The van der Waals surface area contributed by atoms with Crippen LogP contribution >= 0.6 is 23.2 Å². The third-order valence-corrected chi connectivity index (χ3v) is 8.36. The molecule has 36 heavy (non-hydrogen) atoms. The maximum Gasteiger partial charge on any atom is 0.244 e. The summed E-state index contributed by atoms with van der Waals surface area (Å²) < 4.78 is 26.5. The van der Waals surface area contributed by atoms with E-state index in [0.717, 1.165) is 48.2 Å². The van der Waals surface area contributed by atoms with Crippen molar-refractivity contribution in [2.24, 2.45) is 0 Å². The summed E-state index contributed by atoms with van der Waals surface area (Å²) in [7, 11) is -3.82. The molecule has 0 aliphatic heterocycles. The van der Waals surface area contributed by atoms with E-state index >= 15 is 0 Å². The Morgan fingerprint density at radius 1 is 1.06 bits per heavy atom. The van der Waals surface area contributed by atoms with Gasteiger partial charge in [-0.1, -0.05) is 60.7 Å². The quantitative estimate of drug-likeness (QED) is 0.476. The molecule has 0 aromatic heterocycles. The number of carbonyl (C=O) groups excluding carboxylic acids is 2. The van der Waals surface area contributed by atoms with Gasteiger partial charge in [-0.3, -0.25) is 13.9 Å². The average molecular weight is 555 g/mol. The van der Waals surface area contributed by atoms with E-state index in [-0.39, 0.29) is 18.5 Å². The van der Waals surface area contributed by atoms with Crippen LogP contribution in [-0.4, -0.2) is 50.0 Å². The van der Waals surface area contributed by atoms with Crippen molar-refractivity contribution in [2.45, 2.75) is 64.6 Å². The highest BCUT2D eigenvalue weighted by molar-refractivity contribution is 7.92. The lowest BCUT2D eigenvalue weighted by molar-refractivity contribution is -0.139. The Hall–Kier alpha value is -2.29. The number of nitrogens with one attached hydrogen (secondary N) is 1. The molecule has 1 aliphatic rings. The van der Waals surface area contributed by atoms with E-state index in [1.54, 1.807) is 56.3 Å². The topological polar surface area (TPSA) is 86.8 Å². The minimum absolute atomic E-state index is 0.0859. The fourth-order valence-electron chi connectivity index (χ4n) is 4.40. The number of carbonyl (C=O) groups is 2. The SMILES string of the molecule is Cc1c(Cl)cccc1N(CC(=O)N(Cc1ccc(Cl)cc1)[C@H](C)C(=O)NC1CCCCC1)S(C)(=O)=O. The summed E-state index contributed by atoms with van der Waals surface area (Å²) in [6, 6.07) is 11.2. The van der Waals surface area contributed by atoms with Crippen LogP contribution in [0, 0.1) is 6.92 Å². The third-order valence-electron chi connectivity index (χ3n) is 6.57. The second-order valence-electron chi connectivity index (χ2n) is 9.32. The number of nitrogens with zero attached hydrogens (tertiary/aromatic N) is 2. The molecule has 7 nitrogen and oxygen atoms in total. The van der Waals surface area contributed by atoms with Gasteiger partial charge in [-0.2, -0.15) is 0 Å². The molecule has 3 rings (SSSR count). The Bertz CT molecular complexity index is 1180. The fraction of sp³-hybridized carbons (Fsp3) is 0.462. The zero-order valence-electron chi connectivity index (χ0n) is 20.8. The summed E-state index contributed by atoms with van der Waals surface area (Å²) in [6.45, 7) is 3.03. The molecule has 1 N–H and O–H groups in total. The molecule has 0 heterocycles. The van der Waals surface area contributed by atoms with E-state index < -0.39 is 28.5 Å². The number of halogens is 2. The van der Waals surface area contributed by atoms with Crippen LogP contribution in [0.5, 0.6) is 0 Å².